The molecule has 0 spiro atoms. The highest BCUT2D eigenvalue weighted by Crippen LogP contribution is 2.29. The highest BCUT2D eigenvalue weighted by Gasteiger charge is 2.01. The zero-order valence-corrected chi connectivity index (χ0v) is 10.8. The fourth-order valence-corrected chi connectivity index (χ4v) is 1.68. The van der Waals surface area contributed by atoms with Crippen molar-refractivity contribution in [2.24, 2.45) is 10.2 Å². The number of hydrogen-bond acceptors (Lipinski definition) is 3. The number of azo groups is 1. The molecule has 0 radical (unpaired) electrons. The molecule has 0 aromatic heterocycles. The van der Waals surface area contributed by atoms with Crippen LogP contribution in [0.4, 0.5) is 11.4 Å². The van der Waals surface area contributed by atoms with E-state index < -0.39 is 0 Å². The number of aryl methyl sites for hydroxylation is 2. The Balaban J connectivity index is 2.31. The topological polar surface area (TPSA) is 34.0 Å². The Labute approximate surface area is 107 Å². The van der Waals surface area contributed by atoms with Gasteiger partial charge in [0.1, 0.15) is 11.4 Å². The molecular weight excluding hydrogens is 224 g/mol. The lowest BCUT2D eigenvalue weighted by molar-refractivity contribution is 0.415. The quantitative estimate of drug-likeness (QED) is 0.714. The number of nitrogens with zero attached hydrogens (tertiary/aromatic N) is 2. The van der Waals surface area contributed by atoms with Crippen LogP contribution in [-0.4, -0.2) is 7.11 Å². The van der Waals surface area contributed by atoms with Crippen LogP contribution in [0, 0.1) is 13.8 Å². The van der Waals surface area contributed by atoms with Crippen LogP contribution < -0.4 is 4.74 Å². The van der Waals surface area contributed by atoms with Crippen LogP contribution >= 0.6 is 0 Å². The van der Waals surface area contributed by atoms with Crippen LogP contribution in [0.3, 0.4) is 0 Å². The van der Waals surface area contributed by atoms with Gasteiger partial charge in [0.25, 0.3) is 0 Å². The van der Waals surface area contributed by atoms with Crippen molar-refractivity contribution in [1.29, 1.82) is 0 Å². The minimum Gasteiger partial charge on any atom is -0.494 e. The summed E-state index contributed by atoms with van der Waals surface area (Å²) < 4.78 is 5.26. The summed E-state index contributed by atoms with van der Waals surface area (Å²) >= 11 is 0. The van der Waals surface area contributed by atoms with Gasteiger partial charge in [0, 0.05) is 0 Å². The molecule has 92 valence electrons. The predicted octanol–water partition coefficient (Wildman–Crippen LogP) is 4.73. The van der Waals surface area contributed by atoms with E-state index in [1.807, 2.05) is 56.3 Å². The summed E-state index contributed by atoms with van der Waals surface area (Å²) in [5.74, 6) is 0.733. The molecule has 2 aromatic rings. The zero-order valence-electron chi connectivity index (χ0n) is 10.8. The summed E-state index contributed by atoms with van der Waals surface area (Å²) in [4.78, 5) is 0. The third kappa shape index (κ3) is 2.94. The molecule has 18 heavy (non-hydrogen) atoms. The van der Waals surface area contributed by atoms with E-state index >= 15 is 0 Å². The van der Waals surface area contributed by atoms with Crippen molar-refractivity contribution in [1.82, 2.24) is 0 Å². The van der Waals surface area contributed by atoms with Crippen LogP contribution in [0.1, 0.15) is 11.1 Å². The maximum absolute atomic E-state index is 5.26. The summed E-state index contributed by atoms with van der Waals surface area (Å²) in [6, 6.07) is 13.8. The van der Waals surface area contributed by atoms with E-state index in [0.29, 0.717) is 0 Å². The van der Waals surface area contributed by atoms with E-state index in [2.05, 4.69) is 10.2 Å². The van der Waals surface area contributed by atoms with E-state index in [4.69, 9.17) is 4.74 Å². The van der Waals surface area contributed by atoms with Crippen LogP contribution in [0.15, 0.2) is 52.7 Å². The third-order valence-electron chi connectivity index (χ3n) is 2.61. The number of hydrogen-bond donors (Lipinski definition) is 0. The van der Waals surface area contributed by atoms with Gasteiger partial charge in [0.05, 0.1) is 12.8 Å². The molecule has 0 N–H and O–H groups in total. The monoisotopic (exact) mass is 240 g/mol. The molecule has 0 atom stereocenters. The second kappa shape index (κ2) is 5.45. The molecule has 3 heteroatoms. The fraction of sp³-hybridized carbons (Fsp3) is 0.200. The van der Waals surface area contributed by atoms with Crippen molar-refractivity contribution < 1.29 is 4.74 Å². The van der Waals surface area contributed by atoms with Gasteiger partial charge in [-0.25, -0.2) is 0 Å². The van der Waals surface area contributed by atoms with Gasteiger partial charge in [0.15, 0.2) is 0 Å². The van der Waals surface area contributed by atoms with Crippen molar-refractivity contribution in [3.05, 3.63) is 53.6 Å². The van der Waals surface area contributed by atoms with Crippen LogP contribution in [0.5, 0.6) is 5.75 Å². The summed E-state index contributed by atoms with van der Waals surface area (Å²) in [6.45, 7) is 4.05. The minimum atomic E-state index is 0.733. The summed E-state index contributed by atoms with van der Waals surface area (Å²) in [6.07, 6.45) is 0. The van der Waals surface area contributed by atoms with Gasteiger partial charge in [-0.05, 0) is 49.2 Å². The van der Waals surface area contributed by atoms with Crippen LogP contribution in [0.25, 0.3) is 0 Å². The van der Waals surface area contributed by atoms with Gasteiger partial charge in [-0.2, -0.15) is 5.11 Å². The Morgan fingerprint density at radius 1 is 0.889 bits per heavy atom. The molecule has 0 heterocycles. The Bertz CT molecular complexity index is 576. The minimum absolute atomic E-state index is 0.733. The van der Waals surface area contributed by atoms with Gasteiger partial charge < -0.3 is 4.74 Å². The summed E-state index contributed by atoms with van der Waals surface area (Å²) in [7, 11) is 1.64. The normalized spacial score (nSPS) is 10.8. The molecular formula is C15H16N2O. The number of ether oxygens (including phenoxy) is 1. The molecule has 0 unspecified atom stereocenters. The van der Waals surface area contributed by atoms with Crippen molar-refractivity contribution in [3.8, 4) is 5.75 Å². The van der Waals surface area contributed by atoms with Gasteiger partial charge >= 0.3 is 0 Å². The van der Waals surface area contributed by atoms with E-state index in [1.165, 1.54) is 5.56 Å². The fourth-order valence-electron chi connectivity index (χ4n) is 1.68. The molecule has 0 aliphatic rings. The lowest BCUT2D eigenvalue weighted by Gasteiger charge is -2.04. The Morgan fingerprint density at radius 2 is 1.67 bits per heavy atom. The molecule has 0 fully saturated rings. The van der Waals surface area contributed by atoms with Gasteiger partial charge in [-0.3, -0.25) is 0 Å². The SMILES string of the molecule is COc1ccc(C)cc1N=Nc1cccc(C)c1. The van der Waals surface area contributed by atoms with Gasteiger partial charge in [0.2, 0.25) is 0 Å². The van der Waals surface area contributed by atoms with Gasteiger partial charge in [-0.15, -0.1) is 5.11 Å². The smallest absolute Gasteiger partial charge is 0.146 e. The van der Waals surface area contributed by atoms with Crippen molar-refractivity contribution in [2.45, 2.75) is 13.8 Å². The standard InChI is InChI=1S/C15H16N2O/c1-11-5-4-6-13(9-11)16-17-14-10-12(2)7-8-15(14)18-3/h4-10H,1-3H3. The molecule has 0 amide bonds. The number of benzene rings is 2. The van der Waals surface area contributed by atoms with Crippen molar-refractivity contribution in [2.75, 3.05) is 7.11 Å². The van der Waals surface area contributed by atoms with Gasteiger partial charge in [-0.1, -0.05) is 18.2 Å². The van der Waals surface area contributed by atoms with Crippen molar-refractivity contribution >= 4 is 11.4 Å². The second-order valence-electron chi connectivity index (χ2n) is 4.21. The zero-order chi connectivity index (χ0) is 13.0. The first-order chi connectivity index (χ1) is 8.69. The molecule has 3 nitrogen and oxygen atoms in total. The molecule has 2 rings (SSSR count). The van der Waals surface area contributed by atoms with E-state index in [1.54, 1.807) is 7.11 Å². The maximum atomic E-state index is 5.26. The van der Waals surface area contributed by atoms with Crippen LogP contribution in [0.2, 0.25) is 0 Å². The van der Waals surface area contributed by atoms with E-state index in [9.17, 15) is 0 Å². The molecule has 0 aliphatic carbocycles. The number of methoxy groups -OCH3 is 1. The van der Waals surface area contributed by atoms with Crippen LogP contribution in [-0.2, 0) is 0 Å². The van der Waals surface area contributed by atoms with E-state index in [-0.39, 0.29) is 0 Å². The third-order valence-corrected chi connectivity index (χ3v) is 2.61. The Kier molecular flexibility index (Phi) is 3.72. The lowest BCUT2D eigenvalue weighted by atomic mass is 10.2. The molecule has 0 saturated carbocycles. The first kappa shape index (κ1) is 12.3. The largest absolute Gasteiger partial charge is 0.494 e. The average molecular weight is 240 g/mol. The maximum Gasteiger partial charge on any atom is 0.146 e. The summed E-state index contributed by atoms with van der Waals surface area (Å²) in [5, 5.41) is 8.48. The first-order valence-electron chi connectivity index (χ1n) is 5.82. The highest BCUT2D eigenvalue weighted by molar-refractivity contribution is 5.53. The van der Waals surface area contributed by atoms with Crippen molar-refractivity contribution in [3.63, 3.8) is 0 Å². The first-order valence-corrected chi connectivity index (χ1v) is 5.82. The number of rotatable bonds is 3. The Morgan fingerprint density at radius 3 is 2.39 bits per heavy atom. The second-order valence-corrected chi connectivity index (χ2v) is 4.21. The molecule has 0 aliphatic heterocycles. The molecule has 0 bridgehead atoms. The lowest BCUT2D eigenvalue weighted by Crippen LogP contribution is -1.83. The summed E-state index contributed by atoms with van der Waals surface area (Å²) in [5.41, 5.74) is 3.90. The Hall–Kier alpha value is -2.16. The average Bonchev–Trinajstić information content (AvgIpc) is 2.37. The van der Waals surface area contributed by atoms with E-state index in [0.717, 1.165) is 22.7 Å². The predicted molar refractivity (Wildman–Crippen MR) is 73.1 cm³/mol. The molecule has 0 saturated heterocycles. The molecule has 2 aromatic carbocycles. The highest BCUT2D eigenvalue weighted by atomic mass is 16.5.